The Morgan fingerprint density at radius 2 is 2.00 bits per heavy atom. The zero-order valence-corrected chi connectivity index (χ0v) is 10.9. The van der Waals surface area contributed by atoms with Gasteiger partial charge in [0.25, 0.3) is 0 Å². The first kappa shape index (κ1) is 12.2. The summed E-state index contributed by atoms with van der Waals surface area (Å²) in [6, 6.07) is 6.11. The lowest BCUT2D eigenvalue weighted by atomic mass is 10.1. The number of aryl methyl sites for hydroxylation is 2. The van der Waals surface area contributed by atoms with E-state index in [1.807, 2.05) is 6.07 Å². The van der Waals surface area contributed by atoms with E-state index in [0.717, 1.165) is 24.9 Å². The number of rotatable bonds is 3. The lowest BCUT2D eigenvalue weighted by Gasteiger charge is -2.15. The van der Waals surface area contributed by atoms with Crippen LogP contribution in [0.3, 0.4) is 0 Å². The summed E-state index contributed by atoms with van der Waals surface area (Å²) in [5.74, 6) is -0.0164. The molecule has 0 atom stereocenters. The first-order chi connectivity index (χ1) is 9.22. The first-order valence-electron chi connectivity index (χ1n) is 6.92. The molecular weight excluding hydrogens is 240 g/mol. The SMILES string of the molecule is O=C(CN1CCCC1=O)Nc1ccc2c(c1)CCC2. The third-order valence-corrected chi connectivity index (χ3v) is 3.89. The topological polar surface area (TPSA) is 49.4 Å². The van der Waals surface area contributed by atoms with Crippen molar-refractivity contribution in [1.29, 1.82) is 0 Å². The molecule has 4 nitrogen and oxygen atoms in total. The van der Waals surface area contributed by atoms with E-state index in [4.69, 9.17) is 0 Å². The van der Waals surface area contributed by atoms with Crippen molar-refractivity contribution >= 4 is 17.5 Å². The molecule has 4 heteroatoms. The summed E-state index contributed by atoms with van der Waals surface area (Å²) in [5.41, 5.74) is 3.58. The summed E-state index contributed by atoms with van der Waals surface area (Å²) in [7, 11) is 0. The summed E-state index contributed by atoms with van der Waals surface area (Å²) < 4.78 is 0. The number of fused-ring (bicyclic) bond motifs is 1. The maximum Gasteiger partial charge on any atom is 0.243 e. The molecule has 0 radical (unpaired) electrons. The molecule has 1 saturated heterocycles. The van der Waals surface area contributed by atoms with Crippen molar-refractivity contribution in [1.82, 2.24) is 4.90 Å². The molecule has 3 rings (SSSR count). The molecule has 0 unspecified atom stereocenters. The van der Waals surface area contributed by atoms with Gasteiger partial charge in [0.1, 0.15) is 0 Å². The Morgan fingerprint density at radius 3 is 2.79 bits per heavy atom. The Hall–Kier alpha value is -1.84. The summed E-state index contributed by atoms with van der Waals surface area (Å²) >= 11 is 0. The number of hydrogen-bond donors (Lipinski definition) is 1. The average molecular weight is 258 g/mol. The van der Waals surface area contributed by atoms with E-state index in [9.17, 15) is 9.59 Å². The molecule has 0 spiro atoms. The van der Waals surface area contributed by atoms with Crippen LogP contribution in [0.15, 0.2) is 18.2 Å². The van der Waals surface area contributed by atoms with Gasteiger partial charge in [-0.1, -0.05) is 6.07 Å². The monoisotopic (exact) mass is 258 g/mol. The molecular formula is C15H18N2O2. The summed E-state index contributed by atoms with van der Waals surface area (Å²) in [4.78, 5) is 25.0. The fourth-order valence-electron chi connectivity index (χ4n) is 2.89. The van der Waals surface area contributed by atoms with Crippen molar-refractivity contribution in [3.8, 4) is 0 Å². The summed E-state index contributed by atoms with van der Waals surface area (Å²) in [6.07, 6.45) is 4.89. The highest BCUT2D eigenvalue weighted by molar-refractivity contribution is 5.95. The van der Waals surface area contributed by atoms with Crippen LogP contribution in [0.4, 0.5) is 5.69 Å². The fraction of sp³-hybridized carbons (Fsp3) is 0.467. The lowest BCUT2D eigenvalue weighted by Crippen LogP contribution is -2.33. The van der Waals surface area contributed by atoms with E-state index >= 15 is 0 Å². The van der Waals surface area contributed by atoms with E-state index in [1.54, 1.807) is 4.90 Å². The Kier molecular flexibility index (Phi) is 3.23. The number of anilines is 1. The molecule has 1 heterocycles. The standard InChI is InChI=1S/C15H18N2O2/c18-14(10-17-8-2-5-15(17)19)16-13-7-6-11-3-1-4-12(11)9-13/h6-7,9H,1-5,8,10H2,(H,16,18). The van der Waals surface area contributed by atoms with Crippen LogP contribution in [-0.2, 0) is 22.4 Å². The van der Waals surface area contributed by atoms with E-state index in [1.165, 1.54) is 17.5 Å². The van der Waals surface area contributed by atoms with Crippen LogP contribution in [0.5, 0.6) is 0 Å². The number of amides is 2. The average Bonchev–Trinajstić information content (AvgIpc) is 2.98. The number of nitrogens with one attached hydrogen (secondary N) is 1. The molecule has 1 aromatic carbocycles. The van der Waals surface area contributed by atoms with Crippen molar-refractivity contribution in [3.63, 3.8) is 0 Å². The minimum atomic E-state index is -0.104. The zero-order valence-electron chi connectivity index (χ0n) is 10.9. The van der Waals surface area contributed by atoms with Gasteiger partial charge in [-0.2, -0.15) is 0 Å². The second-order valence-electron chi connectivity index (χ2n) is 5.30. The normalized spacial score (nSPS) is 17.7. The van der Waals surface area contributed by atoms with Gasteiger partial charge in [0.05, 0.1) is 6.54 Å². The summed E-state index contributed by atoms with van der Waals surface area (Å²) in [6.45, 7) is 0.881. The molecule has 2 amide bonds. The van der Waals surface area contributed by atoms with Gasteiger partial charge in [0.2, 0.25) is 11.8 Å². The third kappa shape index (κ3) is 2.62. The van der Waals surface area contributed by atoms with Crippen LogP contribution in [0, 0.1) is 0 Å². The Morgan fingerprint density at radius 1 is 1.16 bits per heavy atom. The van der Waals surface area contributed by atoms with Crippen LogP contribution in [0.2, 0.25) is 0 Å². The van der Waals surface area contributed by atoms with Crippen molar-refractivity contribution in [2.45, 2.75) is 32.1 Å². The van der Waals surface area contributed by atoms with Crippen LogP contribution in [0.1, 0.15) is 30.4 Å². The second-order valence-corrected chi connectivity index (χ2v) is 5.30. The Labute approximate surface area is 112 Å². The van der Waals surface area contributed by atoms with E-state index < -0.39 is 0 Å². The lowest BCUT2D eigenvalue weighted by molar-refractivity contribution is -0.131. The third-order valence-electron chi connectivity index (χ3n) is 3.89. The van der Waals surface area contributed by atoms with E-state index in [-0.39, 0.29) is 18.4 Å². The maximum atomic E-state index is 11.9. The number of hydrogen-bond acceptors (Lipinski definition) is 2. The van der Waals surface area contributed by atoms with Gasteiger partial charge in [-0.3, -0.25) is 9.59 Å². The summed E-state index contributed by atoms with van der Waals surface area (Å²) in [5, 5.41) is 2.89. The molecule has 1 aliphatic carbocycles. The zero-order chi connectivity index (χ0) is 13.2. The van der Waals surface area contributed by atoms with Crippen LogP contribution in [-0.4, -0.2) is 29.8 Å². The maximum absolute atomic E-state index is 11.9. The van der Waals surface area contributed by atoms with Crippen molar-refractivity contribution in [3.05, 3.63) is 29.3 Å². The highest BCUT2D eigenvalue weighted by atomic mass is 16.2. The smallest absolute Gasteiger partial charge is 0.243 e. The molecule has 100 valence electrons. The predicted molar refractivity (Wildman–Crippen MR) is 72.9 cm³/mol. The number of benzene rings is 1. The molecule has 1 fully saturated rings. The highest BCUT2D eigenvalue weighted by Crippen LogP contribution is 2.24. The molecule has 1 aliphatic heterocycles. The minimum Gasteiger partial charge on any atom is -0.333 e. The number of carbonyl (C=O) groups excluding carboxylic acids is 2. The molecule has 2 aliphatic rings. The van der Waals surface area contributed by atoms with Gasteiger partial charge in [-0.25, -0.2) is 0 Å². The largest absolute Gasteiger partial charge is 0.333 e. The molecule has 0 saturated carbocycles. The quantitative estimate of drug-likeness (QED) is 0.897. The van der Waals surface area contributed by atoms with Gasteiger partial charge in [0, 0.05) is 18.7 Å². The highest BCUT2D eigenvalue weighted by Gasteiger charge is 2.22. The Bertz CT molecular complexity index is 525. The van der Waals surface area contributed by atoms with Crippen molar-refractivity contribution in [2.75, 3.05) is 18.4 Å². The van der Waals surface area contributed by atoms with E-state index in [0.29, 0.717) is 13.0 Å². The van der Waals surface area contributed by atoms with Gasteiger partial charge < -0.3 is 10.2 Å². The first-order valence-corrected chi connectivity index (χ1v) is 6.92. The number of carbonyl (C=O) groups is 2. The second kappa shape index (κ2) is 5.03. The van der Waals surface area contributed by atoms with Gasteiger partial charge >= 0.3 is 0 Å². The molecule has 0 bridgehead atoms. The number of likely N-dealkylation sites (tertiary alicyclic amines) is 1. The van der Waals surface area contributed by atoms with Gasteiger partial charge in [-0.05, 0) is 48.9 Å². The predicted octanol–water partition coefficient (Wildman–Crippen LogP) is 1.74. The van der Waals surface area contributed by atoms with Crippen LogP contribution in [0.25, 0.3) is 0 Å². The van der Waals surface area contributed by atoms with Crippen LogP contribution < -0.4 is 5.32 Å². The molecule has 1 N–H and O–H groups in total. The fourth-order valence-corrected chi connectivity index (χ4v) is 2.89. The molecule has 1 aromatic rings. The van der Waals surface area contributed by atoms with Crippen molar-refractivity contribution in [2.24, 2.45) is 0 Å². The van der Waals surface area contributed by atoms with E-state index in [2.05, 4.69) is 17.4 Å². The molecule has 0 aromatic heterocycles. The van der Waals surface area contributed by atoms with Gasteiger partial charge in [-0.15, -0.1) is 0 Å². The Balaban J connectivity index is 1.61. The van der Waals surface area contributed by atoms with Crippen molar-refractivity contribution < 1.29 is 9.59 Å². The minimum absolute atomic E-state index is 0.0871. The van der Waals surface area contributed by atoms with Crippen LogP contribution >= 0.6 is 0 Å². The molecule has 19 heavy (non-hydrogen) atoms. The van der Waals surface area contributed by atoms with Gasteiger partial charge in [0.15, 0.2) is 0 Å². The number of nitrogens with zero attached hydrogens (tertiary/aromatic N) is 1.